The summed E-state index contributed by atoms with van der Waals surface area (Å²) in [6, 6.07) is 4.80. The second-order valence-electron chi connectivity index (χ2n) is 4.53. The average Bonchev–Trinajstić information content (AvgIpc) is 2.76. The quantitative estimate of drug-likeness (QED) is 0.457. The predicted octanol–water partition coefficient (Wildman–Crippen LogP) is 0.771. The number of nitro benzene ring substituents is 1. The lowest BCUT2D eigenvalue weighted by atomic mass is 10.1. The maximum Gasteiger partial charge on any atom is 0.270 e. The Labute approximate surface area is 110 Å². The van der Waals surface area contributed by atoms with Crippen molar-refractivity contribution in [2.45, 2.75) is 13.3 Å². The number of ketones is 1. The average molecular weight is 262 g/mol. The number of carbonyl (C=O) groups is 1. The number of nitro groups is 1. The highest BCUT2D eigenvalue weighted by Gasteiger charge is 2.10. The van der Waals surface area contributed by atoms with Gasteiger partial charge in [-0.15, -0.1) is 0 Å². The van der Waals surface area contributed by atoms with Crippen molar-refractivity contribution in [3.8, 4) is 0 Å². The predicted molar refractivity (Wildman–Crippen MR) is 71.0 cm³/mol. The minimum absolute atomic E-state index is 0.0982. The second-order valence-corrected chi connectivity index (χ2v) is 4.53. The number of hydrogen-bond acceptors (Lipinski definition) is 3. The summed E-state index contributed by atoms with van der Waals surface area (Å²) in [7, 11) is 0. The smallest absolute Gasteiger partial charge is 0.270 e. The Bertz CT molecular complexity index is 619. The monoisotopic (exact) mass is 262 g/mol. The van der Waals surface area contributed by atoms with E-state index in [1.165, 1.54) is 6.07 Å². The number of rotatable bonds is 6. The van der Waals surface area contributed by atoms with Gasteiger partial charge in [-0.25, -0.2) is 0 Å². The molecule has 0 unspecified atom stereocenters. The summed E-state index contributed by atoms with van der Waals surface area (Å²) in [5.41, 5.74) is 2.03. The number of quaternary nitrogens is 1. The Morgan fingerprint density at radius 1 is 1.47 bits per heavy atom. The molecule has 1 aromatic heterocycles. The first-order chi connectivity index (χ1) is 9.08. The van der Waals surface area contributed by atoms with E-state index in [4.69, 9.17) is 0 Å². The molecule has 0 atom stereocenters. The van der Waals surface area contributed by atoms with Crippen LogP contribution in [0.3, 0.4) is 0 Å². The molecule has 0 bridgehead atoms. The van der Waals surface area contributed by atoms with Gasteiger partial charge >= 0.3 is 0 Å². The minimum atomic E-state index is -0.391. The van der Waals surface area contributed by atoms with Crippen LogP contribution in [0.2, 0.25) is 0 Å². The number of hydrogen-bond donors (Lipinski definition) is 2. The summed E-state index contributed by atoms with van der Waals surface area (Å²) in [6.07, 6.45) is 2.64. The summed E-state index contributed by atoms with van der Waals surface area (Å²) in [5.74, 6) is 0.148. The number of nitrogens with two attached hydrogens (primary N) is 1. The maximum atomic E-state index is 10.8. The van der Waals surface area contributed by atoms with Gasteiger partial charge in [-0.3, -0.25) is 14.9 Å². The van der Waals surface area contributed by atoms with E-state index in [-0.39, 0.29) is 11.5 Å². The van der Waals surface area contributed by atoms with Crippen molar-refractivity contribution < 1.29 is 15.0 Å². The number of fused-ring (bicyclic) bond motifs is 1. The van der Waals surface area contributed by atoms with Gasteiger partial charge < -0.3 is 10.3 Å². The number of nitrogens with one attached hydrogen (secondary N) is 1. The molecule has 6 heteroatoms. The lowest BCUT2D eigenvalue weighted by Gasteiger charge is -1.99. The number of Topliss-reactive ketones (excluding diaryl/α,β-unsaturated/α-hetero) is 1. The highest BCUT2D eigenvalue weighted by Crippen LogP contribution is 2.23. The standard InChI is InChI=1S/C13H15N3O3/c1-9(17)7-14-5-4-10-8-15-13-3-2-11(16(18)19)6-12(10)13/h2-3,6,8,14-15H,4-5,7H2,1H3/p+1. The number of benzene rings is 1. The first-order valence-electron chi connectivity index (χ1n) is 6.13. The number of carbonyl (C=O) groups excluding carboxylic acids is 1. The highest BCUT2D eigenvalue weighted by atomic mass is 16.6. The first kappa shape index (κ1) is 13.2. The number of aromatic nitrogens is 1. The number of H-pyrrole nitrogens is 1. The van der Waals surface area contributed by atoms with E-state index in [0.29, 0.717) is 6.54 Å². The number of non-ortho nitro benzene ring substituents is 1. The molecule has 0 radical (unpaired) electrons. The second kappa shape index (κ2) is 5.62. The summed E-state index contributed by atoms with van der Waals surface area (Å²) in [6.45, 7) is 2.82. The Balaban J connectivity index is 2.12. The van der Waals surface area contributed by atoms with Crippen LogP contribution in [0.5, 0.6) is 0 Å². The molecule has 0 saturated carbocycles. The zero-order chi connectivity index (χ0) is 13.8. The fraction of sp³-hybridized carbons (Fsp3) is 0.308. The van der Waals surface area contributed by atoms with Crippen LogP contribution in [-0.2, 0) is 11.2 Å². The van der Waals surface area contributed by atoms with E-state index in [1.807, 2.05) is 11.5 Å². The van der Waals surface area contributed by atoms with Crippen molar-refractivity contribution in [1.29, 1.82) is 0 Å². The van der Waals surface area contributed by atoms with Gasteiger partial charge in [0.2, 0.25) is 0 Å². The summed E-state index contributed by atoms with van der Waals surface area (Å²) in [4.78, 5) is 24.3. The van der Waals surface area contributed by atoms with Crippen LogP contribution in [0.25, 0.3) is 10.9 Å². The largest absolute Gasteiger partial charge is 0.361 e. The Morgan fingerprint density at radius 2 is 2.26 bits per heavy atom. The summed E-state index contributed by atoms with van der Waals surface area (Å²) >= 11 is 0. The molecule has 0 fully saturated rings. The van der Waals surface area contributed by atoms with Crippen molar-refractivity contribution in [3.63, 3.8) is 0 Å². The van der Waals surface area contributed by atoms with Gasteiger partial charge in [-0.2, -0.15) is 0 Å². The van der Waals surface area contributed by atoms with Gasteiger partial charge in [0.05, 0.1) is 11.5 Å². The van der Waals surface area contributed by atoms with Gasteiger partial charge in [0, 0.05) is 42.6 Å². The van der Waals surface area contributed by atoms with E-state index in [2.05, 4.69) is 4.98 Å². The molecule has 2 rings (SSSR count). The molecule has 0 spiro atoms. The molecule has 0 aliphatic heterocycles. The first-order valence-corrected chi connectivity index (χ1v) is 6.13. The molecule has 1 aromatic carbocycles. The molecule has 3 N–H and O–H groups in total. The molecule has 0 amide bonds. The molecule has 100 valence electrons. The van der Waals surface area contributed by atoms with Crippen molar-refractivity contribution >= 4 is 22.4 Å². The fourth-order valence-corrected chi connectivity index (χ4v) is 2.05. The molecule has 19 heavy (non-hydrogen) atoms. The summed E-state index contributed by atoms with van der Waals surface area (Å²) in [5, 5.41) is 13.6. The third-order valence-electron chi connectivity index (χ3n) is 3.01. The van der Waals surface area contributed by atoms with Gasteiger partial charge in [0.15, 0.2) is 5.78 Å². The van der Waals surface area contributed by atoms with E-state index >= 15 is 0 Å². The van der Waals surface area contributed by atoms with Crippen LogP contribution >= 0.6 is 0 Å². The van der Waals surface area contributed by atoms with Gasteiger partial charge in [0.1, 0.15) is 6.54 Å². The van der Waals surface area contributed by atoms with Gasteiger partial charge in [-0.1, -0.05) is 0 Å². The molecule has 0 aliphatic carbocycles. The van der Waals surface area contributed by atoms with Crippen LogP contribution in [0.1, 0.15) is 12.5 Å². The third kappa shape index (κ3) is 3.17. The molecular weight excluding hydrogens is 246 g/mol. The lowest BCUT2D eigenvalue weighted by molar-refractivity contribution is -0.643. The van der Waals surface area contributed by atoms with E-state index < -0.39 is 4.92 Å². The molecule has 0 saturated heterocycles. The molecule has 1 heterocycles. The van der Waals surface area contributed by atoms with Gasteiger partial charge in [0.25, 0.3) is 5.69 Å². The SMILES string of the molecule is CC(=O)C[NH2+]CCc1c[nH]c2ccc([N+](=O)[O-])cc12. The van der Waals surface area contributed by atoms with E-state index in [9.17, 15) is 14.9 Å². The Hall–Kier alpha value is -2.21. The van der Waals surface area contributed by atoms with Crippen molar-refractivity contribution in [1.82, 2.24) is 4.98 Å². The maximum absolute atomic E-state index is 10.8. The zero-order valence-electron chi connectivity index (χ0n) is 10.7. The van der Waals surface area contributed by atoms with Crippen LogP contribution in [0.4, 0.5) is 5.69 Å². The minimum Gasteiger partial charge on any atom is -0.361 e. The lowest BCUT2D eigenvalue weighted by Crippen LogP contribution is -2.86. The zero-order valence-corrected chi connectivity index (χ0v) is 10.7. The van der Waals surface area contributed by atoms with Crippen molar-refractivity contribution in [2.24, 2.45) is 0 Å². The highest BCUT2D eigenvalue weighted by molar-refractivity contribution is 5.85. The topological polar surface area (TPSA) is 92.6 Å². The molecule has 6 nitrogen and oxygen atoms in total. The van der Waals surface area contributed by atoms with Crippen molar-refractivity contribution in [2.75, 3.05) is 13.1 Å². The fourth-order valence-electron chi connectivity index (χ4n) is 2.05. The molecule has 2 aromatic rings. The third-order valence-corrected chi connectivity index (χ3v) is 3.01. The van der Waals surface area contributed by atoms with Crippen LogP contribution in [-0.4, -0.2) is 28.8 Å². The van der Waals surface area contributed by atoms with Gasteiger partial charge in [-0.05, 0) is 11.6 Å². The van der Waals surface area contributed by atoms with Crippen LogP contribution < -0.4 is 5.32 Å². The van der Waals surface area contributed by atoms with E-state index in [1.54, 1.807) is 19.1 Å². The van der Waals surface area contributed by atoms with Crippen molar-refractivity contribution in [3.05, 3.63) is 40.1 Å². The Morgan fingerprint density at radius 3 is 2.95 bits per heavy atom. The normalized spacial score (nSPS) is 10.8. The molecular formula is C13H16N3O3+. The molecule has 0 aliphatic rings. The van der Waals surface area contributed by atoms with E-state index in [0.717, 1.165) is 29.4 Å². The number of nitrogens with zero attached hydrogens (tertiary/aromatic N) is 1. The number of aromatic amines is 1. The van der Waals surface area contributed by atoms with Crippen LogP contribution in [0, 0.1) is 10.1 Å². The van der Waals surface area contributed by atoms with Crippen LogP contribution in [0.15, 0.2) is 24.4 Å². The Kier molecular flexibility index (Phi) is 3.91. The summed E-state index contributed by atoms with van der Waals surface area (Å²) < 4.78 is 0.